The molecule has 0 radical (unpaired) electrons. The smallest absolute Gasteiger partial charge is 0.266 e. The largest absolute Gasteiger partial charge is 0.493 e. The van der Waals surface area contributed by atoms with E-state index in [-0.39, 0.29) is 5.57 Å². The first-order valence-corrected chi connectivity index (χ1v) is 10.8. The highest BCUT2D eigenvalue weighted by molar-refractivity contribution is 9.10. The molecule has 0 aliphatic heterocycles. The Bertz CT molecular complexity index is 1250. The molecule has 0 saturated heterocycles. The highest BCUT2D eigenvalue weighted by atomic mass is 79.9. The fraction of sp³-hybridized carbons (Fsp3) is 0.154. The minimum absolute atomic E-state index is 0.114. The van der Waals surface area contributed by atoms with Crippen LogP contribution in [0, 0.1) is 31.0 Å². The Kier molecular flexibility index (Phi) is 7.86. The van der Waals surface area contributed by atoms with E-state index in [2.05, 4.69) is 47.2 Å². The topological polar surface area (TPSA) is 71.3 Å². The third-order valence-electron chi connectivity index (χ3n) is 4.98. The monoisotopic (exact) mass is 508 g/mol. The van der Waals surface area contributed by atoms with Crippen LogP contribution in [0.3, 0.4) is 0 Å². The first-order chi connectivity index (χ1) is 15.8. The van der Waals surface area contributed by atoms with Gasteiger partial charge in [-0.2, -0.15) is 5.26 Å². The molecular weight excluding hydrogens is 487 g/mol. The van der Waals surface area contributed by atoms with Crippen molar-refractivity contribution in [2.75, 3.05) is 12.4 Å². The van der Waals surface area contributed by atoms with E-state index in [1.807, 2.05) is 12.1 Å². The van der Waals surface area contributed by atoms with E-state index in [1.165, 1.54) is 48.6 Å². The van der Waals surface area contributed by atoms with Gasteiger partial charge in [-0.05, 0) is 94.5 Å². The van der Waals surface area contributed by atoms with E-state index in [0.29, 0.717) is 33.8 Å². The maximum atomic E-state index is 13.1. The van der Waals surface area contributed by atoms with Crippen LogP contribution in [0.2, 0.25) is 0 Å². The van der Waals surface area contributed by atoms with Gasteiger partial charge in [0.25, 0.3) is 5.91 Å². The third-order valence-corrected chi connectivity index (χ3v) is 5.57. The summed E-state index contributed by atoms with van der Waals surface area (Å²) in [5.74, 6) is -0.0482. The lowest BCUT2D eigenvalue weighted by molar-refractivity contribution is -0.112. The minimum Gasteiger partial charge on any atom is -0.493 e. The average Bonchev–Trinajstić information content (AvgIpc) is 2.80. The van der Waals surface area contributed by atoms with E-state index in [0.717, 1.165) is 5.56 Å². The molecule has 0 aromatic heterocycles. The number of halogens is 2. The van der Waals surface area contributed by atoms with Crippen molar-refractivity contribution in [3.63, 3.8) is 0 Å². The zero-order valence-corrected chi connectivity index (χ0v) is 20.0. The summed E-state index contributed by atoms with van der Waals surface area (Å²) in [7, 11) is 1.52. The molecule has 1 amide bonds. The summed E-state index contributed by atoms with van der Waals surface area (Å²) in [6.45, 7) is 4.46. The van der Waals surface area contributed by atoms with E-state index < -0.39 is 11.7 Å². The predicted molar refractivity (Wildman–Crippen MR) is 130 cm³/mol. The first-order valence-electron chi connectivity index (χ1n) is 10.1. The number of methoxy groups -OCH3 is 1. The molecule has 0 bridgehead atoms. The molecule has 0 saturated carbocycles. The van der Waals surface area contributed by atoms with Gasteiger partial charge in [0.1, 0.15) is 24.1 Å². The van der Waals surface area contributed by atoms with Crippen LogP contribution in [0.1, 0.15) is 22.3 Å². The molecule has 0 aliphatic carbocycles. The van der Waals surface area contributed by atoms with E-state index >= 15 is 0 Å². The second kappa shape index (κ2) is 10.8. The summed E-state index contributed by atoms with van der Waals surface area (Å²) in [5, 5.41) is 12.1. The summed E-state index contributed by atoms with van der Waals surface area (Å²) >= 11 is 3.49. The Morgan fingerprint density at radius 3 is 2.48 bits per heavy atom. The summed E-state index contributed by atoms with van der Waals surface area (Å²) in [4.78, 5) is 12.5. The van der Waals surface area contributed by atoms with Crippen molar-refractivity contribution in [1.82, 2.24) is 0 Å². The molecule has 0 atom stereocenters. The lowest BCUT2D eigenvalue weighted by Gasteiger charge is -2.14. The van der Waals surface area contributed by atoms with Gasteiger partial charge in [0, 0.05) is 5.69 Å². The van der Waals surface area contributed by atoms with Crippen molar-refractivity contribution in [1.29, 1.82) is 5.26 Å². The average molecular weight is 509 g/mol. The number of carbonyl (C=O) groups excluding carboxylic acids is 1. The molecular formula is C26H22BrFN2O3. The molecule has 0 spiro atoms. The van der Waals surface area contributed by atoms with Gasteiger partial charge in [-0.15, -0.1) is 0 Å². The number of nitrogens with zero attached hydrogens (tertiary/aromatic N) is 1. The van der Waals surface area contributed by atoms with Crippen molar-refractivity contribution in [2.45, 2.75) is 20.5 Å². The van der Waals surface area contributed by atoms with Gasteiger partial charge < -0.3 is 14.8 Å². The van der Waals surface area contributed by atoms with Gasteiger partial charge in [-0.1, -0.05) is 18.2 Å². The second-order valence-electron chi connectivity index (χ2n) is 7.37. The number of aryl methyl sites for hydroxylation is 2. The van der Waals surface area contributed by atoms with Crippen molar-refractivity contribution < 1.29 is 18.7 Å². The molecule has 3 aromatic rings. The number of ether oxygens (including phenoxy) is 2. The molecule has 33 heavy (non-hydrogen) atoms. The lowest BCUT2D eigenvalue weighted by atomic mass is 10.1. The third kappa shape index (κ3) is 6.21. The lowest BCUT2D eigenvalue weighted by Crippen LogP contribution is -2.13. The van der Waals surface area contributed by atoms with Gasteiger partial charge in [0.15, 0.2) is 11.5 Å². The quantitative estimate of drug-likeness (QED) is 0.298. The SMILES string of the molecule is COc1cc(/C=C(\C#N)C(=O)Nc2ccc(F)cc2)cc(Br)c1OCc1ccc(C)c(C)c1. The van der Waals surface area contributed by atoms with Crippen molar-refractivity contribution >= 4 is 33.6 Å². The van der Waals surface area contributed by atoms with Crippen LogP contribution in [0.4, 0.5) is 10.1 Å². The Morgan fingerprint density at radius 1 is 1.12 bits per heavy atom. The van der Waals surface area contributed by atoms with Crippen LogP contribution in [0.15, 0.2) is 64.6 Å². The van der Waals surface area contributed by atoms with Gasteiger partial charge in [-0.25, -0.2) is 4.39 Å². The van der Waals surface area contributed by atoms with Crippen LogP contribution >= 0.6 is 15.9 Å². The number of carbonyl (C=O) groups is 1. The molecule has 0 fully saturated rings. The number of anilines is 1. The minimum atomic E-state index is -0.603. The zero-order chi connectivity index (χ0) is 24.0. The standard InChI is InChI=1S/C26H22BrFN2O3/c1-16-4-5-18(10-17(16)2)15-33-25-23(27)12-19(13-24(25)32-3)11-20(14-29)26(31)30-22-8-6-21(28)7-9-22/h4-13H,15H2,1-3H3,(H,30,31)/b20-11+. The molecule has 3 aromatic carbocycles. The van der Waals surface area contributed by atoms with Crippen molar-refractivity contribution in [2.24, 2.45) is 0 Å². The fourth-order valence-electron chi connectivity index (χ4n) is 3.06. The summed E-state index contributed by atoms with van der Waals surface area (Å²) in [6.07, 6.45) is 1.44. The summed E-state index contributed by atoms with van der Waals surface area (Å²) < 4.78 is 25.2. The van der Waals surface area contributed by atoms with E-state index in [9.17, 15) is 14.4 Å². The van der Waals surface area contributed by atoms with Gasteiger partial charge in [0.2, 0.25) is 0 Å². The van der Waals surface area contributed by atoms with E-state index in [4.69, 9.17) is 9.47 Å². The zero-order valence-electron chi connectivity index (χ0n) is 18.4. The van der Waals surface area contributed by atoms with Gasteiger partial charge >= 0.3 is 0 Å². The summed E-state index contributed by atoms with van der Waals surface area (Å²) in [6, 6.07) is 16.7. The molecule has 5 nitrogen and oxygen atoms in total. The number of nitriles is 1. The highest BCUT2D eigenvalue weighted by Crippen LogP contribution is 2.38. The molecule has 0 unspecified atom stereocenters. The Hall–Kier alpha value is -3.63. The number of benzene rings is 3. The Labute approximate surface area is 200 Å². The van der Waals surface area contributed by atoms with Crippen LogP contribution in [-0.2, 0) is 11.4 Å². The van der Waals surface area contributed by atoms with E-state index in [1.54, 1.807) is 12.1 Å². The molecule has 0 heterocycles. The molecule has 3 rings (SSSR count). The van der Waals surface area contributed by atoms with Crippen molar-refractivity contribution in [3.8, 4) is 17.6 Å². The first kappa shape index (κ1) is 24.0. The van der Waals surface area contributed by atoms with Crippen LogP contribution in [-0.4, -0.2) is 13.0 Å². The fourth-order valence-corrected chi connectivity index (χ4v) is 3.63. The number of amides is 1. The van der Waals surface area contributed by atoms with Crippen LogP contribution < -0.4 is 14.8 Å². The Morgan fingerprint density at radius 2 is 1.85 bits per heavy atom. The number of nitrogens with one attached hydrogen (secondary N) is 1. The molecule has 1 N–H and O–H groups in total. The van der Waals surface area contributed by atoms with Crippen LogP contribution in [0.25, 0.3) is 6.08 Å². The van der Waals surface area contributed by atoms with Crippen LogP contribution in [0.5, 0.6) is 11.5 Å². The van der Waals surface area contributed by atoms with Crippen molar-refractivity contribution in [3.05, 3.63) is 92.7 Å². The Balaban J connectivity index is 1.81. The molecule has 168 valence electrons. The van der Waals surface area contributed by atoms with Gasteiger partial charge in [0.05, 0.1) is 11.6 Å². The number of rotatable bonds is 7. The normalized spacial score (nSPS) is 11.0. The predicted octanol–water partition coefficient (Wildman–Crippen LogP) is 6.34. The maximum absolute atomic E-state index is 13.1. The molecule has 7 heteroatoms. The highest BCUT2D eigenvalue weighted by Gasteiger charge is 2.14. The maximum Gasteiger partial charge on any atom is 0.266 e. The second-order valence-corrected chi connectivity index (χ2v) is 8.23. The summed E-state index contributed by atoms with van der Waals surface area (Å²) in [5.41, 5.74) is 4.27. The number of hydrogen-bond acceptors (Lipinski definition) is 4. The van der Waals surface area contributed by atoms with Gasteiger partial charge in [-0.3, -0.25) is 4.79 Å². The molecule has 0 aliphatic rings. The number of hydrogen-bond donors (Lipinski definition) is 1.